The van der Waals surface area contributed by atoms with Crippen LogP contribution in [0.2, 0.25) is 5.02 Å². The van der Waals surface area contributed by atoms with Gasteiger partial charge in [-0.3, -0.25) is 9.59 Å². The molecule has 1 aliphatic heterocycles. The van der Waals surface area contributed by atoms with Crippen molar-refractivity contribution in [1.82, 2.24) is 34.8 Å². The molecule has 1 aliphatic rings. The van der Waals surface area contributed by atoms with E-state index in [-0.39, 0.29) is 28.6 Å². The van der Waals surface area contributed by atoms with E-state index in [2.05, 4.69) is 30.6 Å². The molecular weight excluding hydrogens is 627 g/mol. The van der Waals surface area contributed by atoms with Crippen LogP contribution in [0, 0.1) is 5.82 Å². The van der Waals surface area contributed by atoms with Gasteiger partial charge in [-0.1, -0.05) is 47.1 Å². The second-order valence-electron chi connectivity index (χ2n) is 10.7. The first kappa shape index (κ1) is 29.6. The Labute approximate surface area is 270 Å². The van der Waals surface area contributed by atoms with E-state index >= 15 is 0 Å². The number of nitrogens with zero attached hydrogens (tertiary/aromatic N) is 7. The molecule has 6 aromatic rings. The van der Waals surface area contributed by atoms with Gasteiger partial charge in [0.15, 0.2) is 11.5 Å². The molecule has 2 amide bonds. The van der Waals surface area contributed by atoms with Crippen LogP contribution in [0.4, 0.5) is 10.1 Å². The maximum atomic E-state index is 14.7. The summed E-state index contributed by atoms with van der Waals surface area (Å²) in [5, 5.41) is 20.7. The van der Waals surface area contributed by atoms with E-state index in [4.69, 9.17) is 11.6 Å². The summed E-state index contributed by atoms with van der Waals surface area (Å²) in [5.41, 5.74) is 3.74. The van der Waals surface area contributed by atoms with Crippen molar-refractivity contribution in [3.05, 3.63) is 125 Å². The molecule has 0 bridgehead atoms. The average molecular weight is 649 g/mol. The van der Waals surface area contributed by atoms with Crippen LogP contribution in [0.25, 0.3) is 27.7 Å². The molecule has 12 nitrogen and oxygen atoms in total. The van der Waals surface area contributed by atoms with Crippen molar-refractivity contribution in [2.45, 2.75) is 12.5 Å². The van der Waals surface area contributed by atoms with Gasteiger partial charge in [-0.05, 0) is 59.5 Å². The van der Waals surface area contributed by atoms with E-state index in [9.17, 15) is 23.9 Å². The molecule has 1 unspecified atom stereocenters. The minimum absolute atomic E-state index is 0.0123. The molecule has 0 aliphatic carbocycles. The van der Waals surface area contributed by atoms with Crippen LogP contribution in [0.15, 0.2) is 91.6 Å². The standard InChI is InChI=1S/C33H22ClFN8O4/c34-24-5-2-6-28(29(24)35)43-16-27(40-41-43)32(45)42-12-11-22-21(19-14-36-17-37-15-19)3-1-4-23(22)30(42)31(44)38-20-8-10-25-18(13-20)7-9-26(39-25)33(46)47/h1-10,13-17,30H,11-12H2,(H,38,44)(H,46,47). The molecule has 1 atom stereocenters. The van der Waals surface area contributed by atoms with E-state index in [1.54, 1.807) is 54.9 Å². The molecule has 0 saturated heterocycles. The zero-order valence-electron chi connectivity index (χ0n) is 24.2. The maximum Gasteiger partial charge on any atom is 0.354 e. The van der Waals surface area contributed by atoms with Crippen molar-refractivity contribution in [2.24, 2.45) is 0 Å². The minimum Gasteiger partial charge on any atom is -0.477 e. The second kappa shape index (κ2) is 12.0. The van der Waals surface area contributed by atoms with Gasteiger partial charge in [0.2, 0.25) is 0 Å². The van der Waals surface area contributed by atoms with Crippen LogP contribution in [-0.2, 0) is 11.2 Å². The minimum atomic E-state index is -1.15. The van der Waals surface area contributed by atoms with E-state index in [0.717, 1.165) is 21.4 Å². The zero-order chi connectivity index (χ0) is 32.7. The SMILES string of the molecule is O=C(O)c1ccc2cc(NC(=O)C3c4cccc(-c5cncnc5)c4CCN3C(=O)c3cn(-c4cccc(Cl)c4F)nn3)ccc2n1. The van der Waals surface area contributed by atoms with Gasteiger partial charge in [0.1, 0.15) is 23.8 Å². The average Bonchev–Trinajstić information content (AvgIpc) is 3.58. The third-order valence-corrected chi connectivity index (χ3v) is 8.16. The normalized spacial score (nSPS) is 14.1. The summed E-state index contributed by atoms with van der Waals surface area (Å²) in [4.78, 5) is 53.4. The lowest BCUT2D eigenvalue weighted by Crippen LogP contribution is -2.45. The zero-order valence-corrected chi connectivity index (χ0v) is 25.0. The van der Waals surface area contributed by atoms with Gasteiger partial charge < -0.3 is 15.3 Å². The number of carboxylic acids is 1. The first-order valence-electron chi connectivity index (χ1n) is 14.3. The Balaban J connectivity index is 1.26. The highest BCUT2D eigenvalue weighted by atomic mass is 35.5. The molecule has 232 valence electrons. The van der Waals surface area contributed by atoms with Crippen LogP contribution in [0.3, 0.4) is 0 Å². The number of nitrogens with one attached hydrogen (secondary N) is 1. The highest BCUT2D eigenvalue weighted by Gasteiger charge is 2.38. The maximum absolute atomic E-state index is 14.7. The summed E-state index contributed by atoms with van der Waals surface area (Å²) in [6.45, 7) is 0.159. The number of aromatic nitrogens is 6. The van der Waals surface area contributed by atoms with Crippen molar-refractivity contribution in [3.63, 3.8) is 0 Å². The van der Waals surface area contributed by atoms with Crippen molar-refractivity contribution in [1.29, 1.82) is 0 Å². The number of halogens is 2. The molecule has 0 radical (unpaired) electrons. The van der Waals surface area contributed by atoms with Crippen molar-refractivity contribution < 1.29 is 23.9 Å². The molecule has 7 rings (SSSR count). The van der Waals surface area contributed by atoms with Crippen LogP contribution < -0.4 is 5.32 Å². The third kappa shape index (κ3) is 5.53. The summed E-state index contributed by atoms with van der Waals surface area (Å²) >= 11 is 5.94. The molecule has 3 aromatic carbocycles. The predicted octanol–water partition coefficient (Wildman–Crippen LogP) is 5.14. The third-order valence-electron chi connectivity index (χ3n) is 7.87. The van der Waals surface area contributed by atoms with Gasteiger partial charge in [-0.15, -0.1) is 5.10 Å². The molecule has 0 saturated carbocycles. The highest BCUT2D eigenvalue weighted by Crippen LogP contribution is 2.37. The largest absolute Gasteiger partial charge is 0.477 e. The first-order valence-corrected chi connectivity index (χ1v) is 14.7. The van der Waals surface area contributed by atoms with Gasteiger partial charge >= 0.3 is 5.97 Å². The molecule has 3 aromatic heterocycles. The number of hydrogen-bond donors (Lipinski definition) is 2. The van der Waals surface area contributed by atoms with Crippen LogP contribution in [0.5, 0.6) is 0 Å². The van der Waals surface area contributed by atoms with Gasteiger partial charge in [-0.2, -0.15) is 0 Å². The smallest absolute Gasteiger partial charge is 0.354 e. The number of carbonyl (C=O) groups is 3. The van der Waals surface area contributed by atoms with E-state index < -0.39 is 29.6 Å². The van der Waals surface area contributed by atoms with Gasteiger partial charge in [0, 0.05) is 35.6 Å². The summed E-state index contributed by atoms with van der Waals surface area (Å²) in [6, 6.07) is 16.7. The Bertz CT molecular complexity index is 2210. The van der Waals surface area contributed by atoms with Gasteiger partial charge in [-0.25, -0.2) is 28.8 Å². The Morgan fingerprint density at radius 1 is 0.979 bits per heavy atom. The molecule has 14 heteroatoms. The summed E-state index contributed by atoms with van der Waals surface area (Å²) < 4.78 is 15.8. The monoisotopic (exact) mass is 648 g/mol. The number of amides is 2. The lowest BCUT2D eigenvalue weighted by Gasteiger charge is -2.36. The van der Waals surface area contributed by atoms with E-state index in [1.807, 2.05) is 6.07 Å². The summed E-state index contributed by atoms with van der Waals surface area (Å²) in [5.74, 6) is -2.95. The Morgan fingerprint density at radius 2 is 1.79 bits per heavy atom. The summed E-state index contributed by atoms with van der Waals surface area (Å²) in [7, 11) is 0. The molecule has 47 heavy (non-hydrogen) atoms. The summed E-state index contributed by atoms with van der Waals surface area (Å²) in [6.07, 6.45) is 6.50. The number of benzene rings is 3. The van der Waals surface area contributed by atoms with Crippen LogP contribution >= 0.6 is 11.6 Å². The predicted molar refractivity (Wildman–Crippen MR) is 169 cm³/mol. The van der Waals surface area contributed by atoms with Gasteiger partial charge in [0.05, 0.1) is 16.7 Å². The van der Waals surface area contributed by atoms with Gasteiger partial charge in [0.25, 0.3) is 11.8 Å². The number of pyridine rings is 1. The molecule has 2 N–H and O–H groups in total. The Kier molecular flexibility index (Phi) is 7.58. The van der Waals surface area contributed by atoms with Crippen LogP contribution in [-0.4, -0.2) is 64.3 Å². The molecule has 4 heterocycles. The van der Waals surface area contributed by atoms with Crippen molar-refractivity contribution in [3.8, 4) is 16.8 Å². The number of fused-ring (bicyclic) bond motifs is 2. The first-order chi connectivity index (χ1) is 22.8. The lowest BCUT2D eigenvalue weighted by molar-refractivity contribution is -0.121. The number of aromatic carboxylic acids is 1. The highest BCUT2D eigenvalue weighted by molar-refractivity contribution is 6.30. The fraction of sp³-hybridized carbons (Fsp3) is 0.0909. The number of rotatable bonds is 6. The molecule has 0 fully saturated rings. The number of anilines is 1. The number of hydrogen-bond acceptors (Lipinski definition) is 8. The Hall–Kier alpha value is -6.08. The van der Waals surface area contributed by atoms with Crippen molar-refractivity contribution in [2.75, 3.05) is 11.9 Å². The molecule has 0 spiro atoms. The quantitative estimate of drug-likeness (QED) is 0.250. The molecular formula is C33H22ClFN8O4. The second-order valence-corrected chi connectivity index (χ2v) is 11.1. The Morgan fingerprint density at radius 3 is 2.60 bits per heavy atom. The lowest BCUT2D eigenvalue weighted by atomic mass is 9.86. The van der Waals surface area contributed by atoms with Crippen LogP contribution in [0.1, 0.15) is 38.1 Å². The van der Waals surface area contributed by atoms with E-state index in [1.165, 1.54) is 35.6 Å². The van der Waals surface area contributed by atoms with Crippen molar-refractivity contribution >= 4 is 46.0 Å². The fourth-order valence-corrected chi connectivity index (χ4v) is 5.88. The number of carbonyl (C=O) groups excluding carboxylic acids is 2. The number of carboxylic acid groups (broad SMARTS) is 1. The fourth-order valence-electron chi connectivity index (χ4n) is 5.71. The topological polar surface area (TPSA) is 156 Å². The van der Waals surface area contributed by atoms with E-state index in [0.29, 0.717) is 28.6 Å².